The molecule has 3 amide bonds. The summed E-state index contributed by atoms with van der Waals surface area (Å²) < 4.78 is 29.0. The summed E-state index contributed by atoms with van der Waals surface area (Å²) >= 11 is 0. The summed E-state index contributed by atoms with van der Waals surface area (Å²) in [6.07, 6.45) is 1.85. The Balaban J connectivity index is 1.56. The summed E-state index contributed by atoms with van der Waals surface area (Å²) in [6, 6.07) is 1.66. The molecule has 1 aromatic heterocycles. The van der Waals surface area contributed by atoms with Gasteiger partial charge in [-0.05, 0) is 25.5 Å². The van der Waals surface area contributed by atoms with E-state index in [-0.39, 0.29) is 42.8 Å². The van der Waals surface area contributed by atoms with Crippen LogP contribution in [0.3, 0.4) is 0 Å². The highest BCUT2D eigenvalue weighted by Crippen LogP contribution is 2.36. The van der Waals surface area contributed by atoms with Gasteiger partial charge in [0.1, 0.15) is 0 Å². The lowest BCUT2D eigenvalue weighted by molar-refractivity contribution is -0.117. The highest BCUT2D eigenvalue weighted by molar-refractivity contribution is 5.97. The van der Waals surface area contributed by atoms with Gasteiger partial charge in [-0.15, -0.1) is 0 Å². The summed E-state index contributed by atoms with van der Waals surface area (Å²) in [4.78, 5) is 28.7. The molecule has 0 spiro atoms. The number of nitrogens with one attached hydrogen (secondary N) is 1. The van der Waals surface area contributed by atoms with Gasteiger partial charge in [-0.2, -0.15) is 5.10 Å². The van der Waals surface area contributed by atoms with Crippen LogP contribution in [0.15, 0.2) is 18.3 Å². The van der Waals surface area contributed by atoms with Crippen molar-refractivity contribution < 1.29 is 23.5 Å². The minimum atomic E-state index is -1.03. The van der Waals surface area contributed by atoms with E-state index in [1.54, 1.807) is 20.7 Å². The van der Waals surface area contributed by atoms with Crippen molar-refractivity contribution in [3.63, 3.8) is 0 Å². The largest absolute Gasteiger partial charge is 0.396 e. The van der Waals surface area contributed by atoms with Crippen LogP contribution in [-0.2, 0) is 17.9 Å². The van der Waals surface area contributed by atoms with Crippen molar-refractivity contribution in [2.75, 3.05) is 23.4 Å². The van der Waals surface area contributed by atoms with Gasteiger partial charge in [0.25, 0.3) is 0 Å². The number of amides is 3. The van der Waals surface area contributed by atoms with Gasteiger partial charge in [0.15, 0.2) is 11.6 Å². The Bertz CT molecular complexity index is 1030. The number of hydrogen-bond acceptors (Lipinski definition) is 4. The Hall–Kier alpha value is -3.01. The minimum Gasteiger partial charge on any atom is -0.396 e. The van der Waals surface area contributed by atoms with E-state index in [1.165, 1.54) is 13.0 Å². The van der Waals surface area contributed by atoms with Crippen molar-refractivity contribution in [2.24, 2.45) is 5.41 Å². The molecule has 0 bridgehead atoms. The quantitative estimate of drug-likeness (QED) is 0.779. The number of benzene rings is 1. The minimum absolute atomic E-state index is 0.0979. The normalized spacial score (nSPS) is 23.3. The van der Waals surface area contributed by atoms with Gasteiger partial charge in [-0.25, -0.2) is 13.6 Å². The first-order chi connectivity index (χ1) is 14.6. The van der Waals surface area contributed by atoms with E-state index in [4.69, 9.17) is 0 Å². The maximum atomic E-state index is 13.7. The van der Waals surface area contributed by atoms with Crippen molar-refractivity contribution in [1.29, 1.82) is 0 Å². The van der Waals surface area contributed by atoms with E-state index in [9.17, 15) is 23.5 Å². The first-order valence-electron chi connectivity index (χ1n) is 10.1. The number of rotatable bonds is 3. The van der Waals surface area contributed by atoms with Gasteiger partial charge < -0.3 is 20.2 Å². The average molecular weight is 433 g/mol. The predicted octanol–water partition coefficient (Wildman–Crippen LogP) is 2.64. The third kappa shape index (κ3) is 3.76. The van der Waals surface area contributed by atoms with Crippen molar-refractivity contribution in [1.82, 2.24) is 14.7 Å². The summed E-state index contributed by atoms with van der Waals surface area (Å²) in [5, 5.41) is 16.6. The molecule has 1 aromatic carbocycles. The van der Waals surface area contributed by atoms with Crippen LogP contribution >= 0.6 is 0 Å². The number of aromatic nitrogens is 2. The Morgan fingerprint density at radius 1 is 1.39 bits per heavy atom. The van der Waals surface area contributed by atoms with Crippen LogP contribution in [0.1, 0.15) is 31.5 Å². The lowest BCUT2D eigenvalue weighted by Crippen LogP contribution is -2.47. The molecule has 8 nitrogen and oxygen atoms in total. The maximum Gasteiger partial charge on any atom is 0.322 e. The summed E-state index contributed by atoms with van der Waals surface area (Å²) in [7, 11) is 0. The van der Waals surface area contributed by atoms with Gasteiger partial charge in [-0.3, -0.25) is 9.48 Å². The van der Waals surface area contributed by atoms with Crippen molar-refractivity contribution in [2.45, 2.75) is 46.3 Å². The van der Waals surface area contributed by atoms with E-state index < -0.39 is 23.1 Å². The van der Waals surface area contributed by atoms with Gasteiger partial charge >= 0.3 is 6.03 Å². The number of carbonyl (C=O) groups excluding carboxylic acids is 2. The van der Waals surface area contributed by atoms with Crippen molar-refractivity contribution in [3.8, 4) is 0 Å². The second kappa shape index (κ2) is 7.60. The number of carbonyl (C=O) groups is 2. The zero-order valence-corrected chi connectivity index (χ0v) is 17.7. The third-order valence-electron chi connectivity index (χ3n) is 6.03. The third-order valence-corrected chi connectivity index (χ3v) is 6.03. The predicted molar refractivity (Wildman–Crippen MR) is 110 cm³/mol. The van der Waals surface area contributed by atoms with Crippen LogP contribution in [0.4, 0.5) is 25.0 Å². The van der Waals surface area contributed by atoms with Gasteiger partial charge in [0, 0.05) is 30.1 Å². The van der Waals surface area contributed by atoms with Crippen molar-refractivity contribution in [3.05, 3.63) is 41.2 Å². The number of nitrogens with zero attached hydrogens (tertiary/aromatic N) is 4. The Morgan fingerprint density at radius 2 is 2.13 bits per heavy atom. The summed E-state index contributed by atoms with van der Waals surface area (Å²) in [5.41, 5.74) is 1.08. The second-order valence-corrected chi connectivity index (χ2v) is 8.78. The van der Waals surface area contributed by atoms with Gasteiger partial charge in [-0.1, -0.05) is 6.92 Å². The fourth-order valence-electron chi connectivity index (χ4n) is 4.19. The van der Waals surface area contributed by atoms with E-state index in [0.717, 1.165) is 6.07 Å². The zero-order chi connectivity index (χ0) is 22.5. The Kier molecular flexibility index (Phi) is 5.20. The molecule has 166 valence electrons. The molecular weight excluding hydrogens is 408 g/mol. The van der Waals surface area contributed by atoms with Gasteiger partial charge in [0.05, 0.1) is 43.3 Å². The first-order valence-corrected chi connectivity index (χ1v) is 10.1. The van der Waals surface area contributed by atoms with Crippen LogP contribution in [0, 0.1) is 24.0 Å². The SMILES string of the molecule is Cc1cc(NC(=O)N2Cc3c(N4CC(C)(CO)CC4=O)cnn3C[C@@H]2C)cc(F)c1F. The average Bonchev–Trinajstić information content (AvgIpc) is 3.25. The van der Waals surface area contributed by atoms with E-state index in [1.807, 2.05) is 13.8 Å². The number of fused-ring (bicyclic) bond motifs is 1. The number of urea groups is 1. The molecule has 0 saturated carbocycles. The van der Waals surface area contributed by atoms with Gasteiger partial charge in [0.2, 0.25) is 5.91 Å². The Morgan fingerprint density at radius 3 is 2.77 bits per heavy atom. The molecule has 2 atom stereocenters. The molecule has 1 saturated heterocycles. The maximum absolute atomic E-state index is 13.7. The lowest BCUT2D eigenvalue weighted by Gasteiger charge is -2.35. The molecule has 3 heterocycles. The van der Waals surface area contributed by atoms with E-state index >= 15 is 0 Å². The van der Waals surface area contributed by atoms with Crippen LogP contribution in [0.25, 0.3) is 0 Å². The molecule has 31 heavy (non-hydrogen) atoms. The highest BCUT2D eigenvalue weighted by Gasteiger charge is 2.42. The standard InChI is InChI=1S/C21H25F2N5O3/c1-12-4-14(5-15(22)19(12)23)25-20(31)26-9-17-16(7-24-28(17)8-13(26)2)27-10-21(3,11-29)6-18(27)30/h4-5,7,13,29H,6,8-11H2,1-3H3,(H,25,31)/t13-,21?/m0/s1. The smallest absolute Gasteiger partial charge is 0.322 e. The molecule has 0 aliphatic carbocycles. The number of hydrogen-bond donors (Lipinski definition) is 2. The molecule has 2 aliphatic rings. The van der Waals surface area contributed by atoms with Crippen LogP contribution in [0.2, 0.25) is 0 Å². The summed E-state index contributed by atoms with van der Waals surface area (Å²) in [6.45, 7) is 6.05. The second-order valence-electron chi connectivity index (χ2n) is 8.78. The van der Waals surface area contributed by atoms with Crippen molar-refractivity contribution >= 4 is 23.3 Å². The number of aliphatic hydroxyl groups is 1. The fourth-order valence-corrected chi connectivity index (χ4v) is 4.19. The Labute approximate surface area is 178 Å². The number of aryl methyl sites for hydroxylation is 1. The molecular formula is C21H25F2N5O3. The molecule has 10 heteroatoms. The van der Waals surface area contributed by atoms with E-state index in [2.05, 4.69) is 10.4 Å². The molecule has 2 N–H and O–H groups in total. The lowest BCUT2D eigenvalue weighted by atomic mass is 9.91. The molecule has 0 radical (unpaired) electrons. The topological polar surface area (TPSA) is 90.7 Å². The zero-order valence-electron chi connectivity index (χ0n) is 17.7. The number of aliphatic hydroxyl groups excluding tert-OH is 1. The molecule has 2 aliphatic heterocycles. The number of anilines is 2. The molecule has 2 aromatic rings. The van der Waals surface area contributed by atoms with Crippen LogP contribution in [0.5, 0.6) is 0 Å². The first kappa shape index (κ1) is 21.2. The van der Waals surface area contributed by atoms with Crippen LogP contribution < -0.4 is 10.2 Å². The monoisotopic (exact) mass is 433 g/mol. The fraction of sp³-hybridized carbons (Fsp3) is 0.476. The van der Waals surface area contributed by atoms with Crippen LogP contribution in [-0.4, -0.2) is 50.9 Å². The number of halogens is 2. The van der Waals surface area contributed by atoms with E-state index in [0.29, 0.717) is 24.5 Å². The highest BCUT2D eigenvalue weighted by atomic mass is 19.2. The summed E-state index contributed by atoms with van der Waals surface area (Å²) in [5.74, 6) is -2.07. The molecule has 1 unspecified atom stereocenters. The molecule has 1 fully saturated rings. The molecule has 4 rings (SSSR count).